The highest BCUT2D eigenvalue weighted by atomic mass is 15.2. The van der Waals surface area contributed by atoms with Gasteiger partial charge in [0, 0.05) is 18.6 Å². The molecule has 3 saturated heterocycles. The SMILES string of the molecule is CC1CCCC1NC1CN2CCC1CC2. The van der Waals surface area contributed by atoms with E-state index >= 15 is 0 Å². The van der Waals surface area contributed by atoms with E-state index in [1.165, 1.54) is 51.7 Å². The third kappa shape index (κ3) is 1.94. The van der Waals surface area contributed by atoms with Crippen molar-refractivity contribution in [1.82, 2.24) is 10.2 Å². The Morgan fingerprint density at radius 2 is 1.80 bits per heavy atom. The lowest BCUT2D eigenvalue weighted by Gasteiger charge is -2.46. The van der Waals surface area contributed by atoms with Gasteiger partial charge in [0.25, 0.3) is 0 Å². The quantitative estimate of drug-likeness (QED) is 0.745. The smallest absolute Gasteiger partial charge is 0.0226 e. The maximum Gasteiger partial charge on any atom is 0.0226 e. The minimum Gasteiger partial charge on any atom is -0.309 e. The van der Waals surface area contributed by atoms with E-state index in [0.717, 1.165) is 23.9 Å². The van der Waals surface area contributed by atoms with Crippen molar-refractivity contribution in [3.05, 3.63) is 0 Å². The molecule has 3 atom stereocenters. The molecule has 2 heteroatoms. The minimum absolute atomic E-state index is 0.818. The van der Waals surface area contributed by atoms with E-state index in [1.807, 2.05) is 0 Å². The Kier molecular flexibility index (Phi) is 2.73. The van der Waals surface area contributed by atoms with Crippen molar-refractivity contribution in [2.24, 2.45) is 11.8 Å². The zero-order valence-corrected chi connectivity index (χ0v) is 9.91. The highest BCUT2D eigenvalue weighted by Crippen LogP contribution is 2.31. The summed E-state index contributed by atoms with van der Waals surface area (Å²) in [6.07, 6.45) is 7.20. The highest BCUT2D eigenvalue weighted by Gasteiger charge is 2.36. The normalized spacial score (nSPS) is 49.8. The maximum absolute atomic E-state index is 3.96. The fourth-order valence-corrected chi connectivity index (χ4v) is 3.82. The number of nitrogens with zero attached hydrogens (tertiary/aromatic N) is 1. The van der Waals surface area contributed by atoms with Gasteiger partial charge in [-0.05, 0) is 50.6 Å². The van der Waals surface area contributed by atoms with Gasteiger partial charge in [0.15, 0.2) is 0 Å². The third-order valence-electron chi connectivity index (χ3n) is 4.95. The average molecular weight is 208 g/mol. The van der Waals surface area contributed by atoms with Crippen LogP contribution in [0.5, 0.6) is 0 Å². The van der Waals surface area contributed by atoms with Gasteiger partial charge in [-0.1, -0.05) is 13.3 Å². The van der Waals surface area contributed by atoms with Gasteiger partial charge in [-0.3, -0.25) is 0 Å². The van der Waals surface area contributed by atoms with Gasteiger partial charge in [-0.25, -0.2) is 0 Å². The number of hydrogen-bond donors (Lipinski definition) is 1. The Bertz CT molecular complexity index is 221. The number of nitrogens with one attached hydrogen (secondary N) is 1. The van der Waals surface area contributed by atoms with Crippen LogP contribution in [0, 0.1) is 11.8 Å². The van der Waals surface area contributed by atoms with E-state index in [1.54, 1.807) is 0 Å². The Balaban J connectivity index is 1.59. The second-order valence-corrected chi connectivity index (χ2v) is 5.93. The van der Waals surface area contributed by atoms with Gasteiger partial charge >= 0.3 is 0 Å². The fraction of sp³-hybridized carbons (Fsp3) is 1.00. The average Bonchev–Trinajstić information content (AvgIpc) is 2.66. The van der Waals surface area contributed by atoms with Crippen LogP contribution in [0.1, 0.15) is 39.0 Å². The van der Waals surface area contributed by atoms with Gasteiger partial charge in [-0.2, -0.15) is 0 Å². The van der Waals surface area contributed by atoms with Crippen LogP contribution >= 0.6 is 0 Å². The molecule has 1 aliphatic carbocycles. The first-order valence-electron chi connectivity index (χ1n) is 6.81. The van der Waals surface area contributed by atoms with Gasteiger partial charge in [-0.15, -0.1) is 0 Å². The second-order valence-electron chi connectivity index (χ2n) is 5.93. The summed E-state index contributed by atoms with van der Waals surface area (Å²) in [5.74, 6) is 1.91. The second kappa shape index (κ2) is 4.06. The molecular weight excluding hydrogens is 184 g/mol. The summed E-state index contributed by atoms with van der Waals surface area (Å²) in [4.78, 5) is 2.65. The molecule has 0 spiro atoms. The van der Waals surface area contributed by atoms with Crippen molar-refractivity contribution in [1.29, 1.82) is 0 Å². The Morgan fingerprint density at radius 3 is 2.33 bits per heavy atom. The predicted molar refractivity (Wildman–Crippen MR) is 62.9 cm³/mol. The van der Waals surface area contributed by atoms with E-state index in [2.05, 4.69) is 17.1 Å². The summed E-state index contributed by atoms with van der Waals surface area (Å²) in [5, 5.41) is 3.96. The zero-order valence-electron chi connectivity index (χ0n) is 9.91. The Morgan fingerprint density at radius 1 is 1.00 bits per heavy atom. The van der Waals surface area contributed by atoms with Crippen molar-refractivity contribution < 1.29 is 0 Å². The minimum atomic E-state index is 0.818. The molecule has 86 valence electrons. The standard InChI is InChI=1S/C13H24N2/c1-10-3-2-4-12(10)14-13-9-15-7-5-11(13)6-8-15/h10-14H,2-9H2,1H3. The number of piperidine rings is 3. The van der Waals surface area contributed by atoms with Crippen LogP contribution in [0.15, 0.2) is 0 Å². The fourth-order valence-electron chi connectivity index (χ4n) is 3.82. The highest BCUT2D eigenvalue weighted by molar-refractivity contribution is 4.94. The monoisotopic (exact) mass is 208 g/mol. The third-order valence-corrected chi connectivity index (χ3v) is 4.95. The molecule has 1 saturated carbocycles. The van der Waals surface area contributed by atoms with Crippen LogP contribution in [0.3, 0.4) is 0 Å². The van der Waals surface area contributed by atoms with Crippen molar-refractivity contribution >= 4 is 0 Å². The first-order valence-corrected chi connectivity index (χ1v) is 6.81. The van der Waals surface area contributed by atoms with Crippen LogP contribution in [-0.4, -0.2) is 36.6 Å². The van der Waals surface area contributed by atoms with E-state index in [4.69, 9.17) is 0 Å². The number of rotatable bonds is 2. The van der Waals surface area contributed by atoms with Crippen molar-refractivity contribution in [3.8, 4) is 0 Å². The molecule has 2 bridgehead atoms. The predicted octanol–water partition coefficient (Wildman–Crippen LogP) is 1.86. The Labute approximate surface area is 93.4 Å². The molecule has 0 radical (unpaired) electrons. The van der Waals surface area contributed by atoms with Crippen molar-refractivity contribution in [2.75, 3.05) is 19.6 Å². The lowest BCUT2D eigenvalue weighted by atomic mass is 9.83. The summed E-state index contributed by atoms with van der Waals surface area (Å²) < 4.78 is 0. The van der Waals surface area contributed by atoms with E-state index in [-0.39, 0.29) is 0 Å². The molecule has 4 aliphatic rings. The maximum atomic E-state index is 3.96. The molecule has 4 fully saturated rings. The number of fused-ring (bicyclic) bond motifs is 3. The molecule has 15 heavy (non-hydrogen) atoms. The summed E-state index contributed by atoms with van der Waals surface area (Å²) in [6, 6.07) is 1.65. The molecular formula is C13H24N2. The topological polar surface area (TPSA) is 15.3 Å². The number of hydrogen-bond acceptors (Lipinski definition) is 2. The first kappa shape index (κ1) is 10.1. The van der Waals surface area contributed by atoms with Crippen LogP contribution in [0.2, 0.25) is 0 Å². The van der Waals surface area contributed by atoms with Crippen LogP contribution in [0.25, 0.3) is 0 Å². The van der Waals surface area contributed by atoms with Gasteiger partial charge in [0.1, 0.15) is 0 Å². The van der Waals surface area contributed by atoms with Gasteiger partial charge in [0.2, 0.25) is 0 Å². The lowest BCUT2D eigenvalue weighted by Crippen LogP contribution is -2.58. The summed E-state index contributed by atoms with van der Waals surface area (Å²) >= 11 is 0. The molecule has 3 aliphatic heterocycles. The molecule has 3 heterocycles. The summed E-state index contributed by atoms with van der Waals surface area (Å²) in [6.45, 7) is 6.48. The van der Waals surface area contributed by atoms with Crippen LogP contribution in [-0.2, 0) is 0 Å². The largest absolute Gasteiger partial charge is 0.309 e. The molecule has 0 aromatic carbocycles. The van der Waals surface area contributed by atoms with Gasteiger partial charge in [0.05, 0.1) is 0 Å². The van der Waals surface area contributed by atoms with Gasteiger partial charge < -0.3 is 10.2 Å². The van der Waals surface area contributed by atoms with E-state index in [0.29, 0.717) is 0 Å². The van der Waals surface area contributed by atoms with E-state index < -0.39 is 0 Å². The first-order chi connectivity index (χ1) is 7.33. The van der Waals surface area contributed by atoms with Crippen molar-refractivity contribution in [2.45, 2.75) is 51.1 Å². The molecule has 4 rings (SSSR count). The lowest BCUT2D eigenvalue weighted by molar-refractivity contribution is 0.0648. The molecule has 3 unspecified atom stereocenters. The molecule has 0 aromatic rings. The van der Waals surface area contributed by atoms with E-state index in [9.17, 15) is 0 Å². The van der Waals surface area contributed by atoms with Crippen LogP contribution in [0.4, 0.5) is 0 Å². The zero-order chi connectivity index (χ0) is 10.3. The molecule has 0 aromatic heterocycles. The van der Waals surface area contributed by atoms with Crippen molar-refractivity contribution in [3.63, 3.8) is 0 Å². The molecule has 1 N–H and O–H groups in total. The molecule has 0 amide bonds. The Hall–Kier alpha value is -0.0800. The summed E-state index contributed by atoms with van der Waals surface area (Å²) in [7, 11) is 0. The summed E-state index contributed by atoms with van der Waals surface area (Å²) in [5.41, 5.74) is 0. The van der Waals surface area contributed by atoms with Crippen LogP contribution < -0.4 is 5.32 Å². The molecule has 2 nitrogen and oxygen atoms in total.